The van der Waals surface area contributed by atoms with Crippen LogP contribution < -0.4 is 5.32 Å². The van der Waals surface area contributed by atoms with Crippen molar-refractivity contribution in [2.75, 3.05) is 19.7 Å². The molecule has 3 rings (SSSR count). The molecule has 2 unspecified atom stereocenters. The van der Waals surface area contributed by atoms with E-state index in [1.165, 1.54) is 0 Å². The summed E-state index contributed by atoms with van der Waals surface area (Å²) in [5.41, 5.74) is 1.06. The summed E-state index contributed by atoms with van der Waals surface area (Å²) in [6, 6.07) is 9.37. The van der Waals surface area contributed by atoms with Crippen LogP contribution in [-0.2, 0) is 20.7 Å². The third-order valence-corrected chi connectivity index (χ3v) is 4.11. The fourth-order valence-electron chi connectivity index (χ4n) is 2.97. The topological polar surface area (TPSA) is 58.6 Å². The molecule has 21 heavy (non-hydrogen) atoms. The van der Waals surface area contributed by atoms with E-state index >= 15 is 0 Å². The van der Waals surface area contributed by atoms with Gasteiger partial charge in [-0.05, 0) is 18.4 Å². The lowest BCUT2D eigenvalue weighted by Crippen LogP contribution is -2.60. The van der Waals surface area contributed by atoms with Gasteiger partial charge in [0.1, 0.15) is 6.04 Å². The Morgan fingerprint density at radius 2 is 2.05 bits per heavy atom. The minimum Gasteiger partial charge on any atom is -0.376 e. The van der Waals surface area contributed by atoms with Gasteiger partial charge in [0.2, 0.25) is 11.8 Å². The monoisotopic (exact) mass is 288 g/mol. The lowest BCUT2D eigenvalue weighted by molar-refractivity contribution is -0.147. The van der Waals surface area contributed by atoms with Crippen molar-refractivity contribution in [1.29, 1.82) is 0 Å². The van der Waals surface area contributed by atoms with Gasteiger partial charge < -0.3 is 15.0 Å². The first-order valence-electron chi connectivity index (χ1n) is 7.47. The maximum atomic E-state index is 12.2. The number of amides is 2. The van der Waals surface area contributed by atoms with Gasteiger partial charge >= 0.3 is 0 Å². The minimum absolute atomic E-state index is 0.0222. The quantitative estimate of drug-likeness (QED) is 0.889. The second-order valence-corrected chi connectivity index (χ2v) is 5.60. The van der Waals surface area contributed by atoms with Crippen molar-refractivity contribution < 1.29 is 14.3 Å². The lowest BCUT2D eigenvalue weighted by atomic mass is 10.0. The summed E-state index contributed by atoms with van der Waals surface area (Å²) in [4.78, 5) is 26.1. The molecule has 2 atom stereocenters. The van der Waals surface area contributed by atoms with Crippen LogP contribution in [0.15, 0.2) is 30.3 Å². The van der Waals surface area contributed by atoms with E-state index in [1.54, 1.807) is 4.90 Å². The lowest BCUT2D eigenvalue weighted by Gasteiger charge is -2.36. The molecule has 1 aromatic carbocycles. The summed E-state index contributed by atoms with van der Waals surface area (Å²) in [5, 5.41) is 2.69. The summed E-state index contributed by atoms with van der Waals surface area (Å²) in [7, 11) is 0. The first kappa shape index (κ1) is 14.1. The van der Waals surface area contributed by atoms with Crippen molar-refractivity contribution >= 4 is 11.8 Å². The molecule has 2 saturated heterocycles. The van der Waals surface area contributed by atoms with E-state index in [0.29, 0.717) is 13.0 Å². The van der Waals surface area contributed by atoms with Gasteiger partial charge in [0.05, 0.1) is 12.6 Å². The Hall–Kier alpha value is -1.88. The number of nitrogens with zero attached hydrogens (tertiary/aromatic N) is 1. The Kier molecular flexibility index (Phi) is 4.20. The molecule has 2 fully saturated rings. The molecule has 2 amide bonds. The fraction of sp³-hybridized carbons (Fsp3) is 0.500. The highest BCUT2D eigenvalue weighted by Crippen LogP contribution is 2.18. The van der Waals surface area contributed by atoms with Gasteiger partial charge in [-0.2, -0.15) is 0 Å². The van der Waals surface area contributed by atoms with E-state index < -0.39 is 6.04 Å². The van der Waals surface area contributed by atoms with Crippen LogP contribution in [-0.4, -0.2) is 48.6 Å². The molecule has 0 aliphatic carbocycles. The molecule has 0 radical (unpaired) electrons. The van der Waals surface area contributed by atoms with E-state index in [1.807, 2.05) is 30.3 Å². The summed E-state index contributed by atoms with van der Waals surface area (Å²) in [5.74, 6) is -0.0949. The average Bonchev–Trinajstić information content (AvgIpc) is 3.01. The number of piperazine rings is 1. The smallest absolute Gasteiger partial charge is 0.243 e. The van der Waals surface area contributed by atoms with Crippen molar-refractivity contribution in [2.24, 2.45) is 0 Å². The Morgan fingerprint density at radius 3 is 2.76 bits per heavy atom. The third-order valence-electron chi connectivity index (χ3n) is 4.11. The Labute approximate surface area is 124 Å². The van der Waals surface area contributed by atoms with Crippen LogP contribution in [0.25, 0.3) is 0 Å². The molecule has 112 valence electrons. The van der Waals surface area contributed by atoms with E-state index in [4.69, 9.17) is 4.74 Å². The van der Waals surface area contributed by atoms with Crippen molar-refractivity contribution in [3.63, 3.8) is 0 Å². The molecular formula is C16H20N2O3. The zero-order chi connectivity index (χ0) is 14.7. The van der Waals surface area contributed by atoms with Gasteiger partial charge in [0.15, 0.2) is 0 Å². The van der Waals surface area contributed by atoms with Gasteiger partial charge in [-0.25, -0.2) is 0 Å². The fourth-order valence-corrected chi connectivity index (χ4v) is 2.97. The van der Waals surface area contributed by atoms with E-state index in [9.17, 15) is 9.59 Å². The highest BCUT2D eigenvalue weighted by Gasteiger charge is 2.36. The Morgan fingerprint density at radius 1 is 1.24 bits per heavy atom. The van der Waals surface area contributed by atoms with Gasteiger partial charge in [0, 0.05) is 19.6 Å². The van der Waals surface area contributed by atoms with Crippen LogP contribution in [0.2, 0.25) is 0 Å². The van der Waals surface area contributed by atoms with Gasteiger partial charge in [-0.1, -0.05) is 30.3 Å². The molecule has 2 heterocycles. The van der Waals surface area contributed by atoms with Crippen LogP contribution in [0.4, 0.5) is 0 Å². The SMILES string of the molecule is O=C1NCC(=O)N(CC2CCCO2)C1Cc1ccccc1. The van der Waals surface area contributed by atoms with Crippen molar-refractivity contribution in [1.82, 2.24) is 10.2 Å². The number of carbonyl (C=O) groups excluding carboxylic acids is 2. The number of hydrogen-bond acceptors (Lipinski definition) is 3. The van der Waals surface area contributed by atoms with Crippen molar-refractivity contribution in [3.05, 3.63) is 35.9 Å². The molecule has 2 aliphatic rings. The maximum Gasteiger partial charge on any atom is 0.243 e. The standard InChI is InChI=1S/C16H20N2O3/c19-15-10-17-16(20)14(9-12-5-2-1-3-6-12)18(15)11-13-7-4-8-21-13/h1-3,5-6,13-14H,4,7-11H2,(H,17,20). The van der Waals surface area contributed by atoms with Gasteiger partial charge in [0.25, 0.3) is 0 Å². The molecule has 0 spiro atoms. The van der Waals surface area contributed by atoms with Crippen LogP contribution in [0, 0.1) is 0 Å². The average molecular weight is 288 g/mol. The van der Waals surface area contributed by atoms with Gasteiger partial charge in [-0.15, -0.1) is 0 Å². The molecule has 0 bridgehead atoms. The van der Waals surface area contributed by atoms with E-state index in [2.05, 4.69) is 5.32 Å². The summed E-state index contributed by atoms with van der Waals surface area (Å²) in [6.07, 6.45) is 2.61. The predicted octanol–water partition coefficient (Wildman–Crippen LogP) is 0.735. The molecule has 0 aromatic heterocycles. The van der Waals surface area contributed by atoms with Crippen molar-refractivity contribution in [3.8, 4) is 0 Å². The van der Waals surface area contributed by atoms with Crippen LogP contribution >= 0.6 is 0 Å². The maximum absolute atomic E-state index is 12.2. The Bertz CT molecular complexity index is 512. The first-order chi connectivity index (χ1) is 10.2. The molecule has 1 N–H and O–H groups in total. The summed E-state index contributed by atoms with van der Waals surface area (Å²) < 4.78 is 5.61. The van der Waals surface area contributed by atoms with Crippen LogP contribution in [0.3, 0.4) is 0 Å². The zero-order valence-corrected chi connectivity index (χ0v) is 12.0. The molecule has 1 aromatic rings. The van der Waals surface area contributed by atoms with Crippen molar-refractivity contribution in [2.45, 2.75) is 31.4 Å². The van der Waals surface area contributed by atoms with E-state index in [0.717, 1.165) is 25.0 Å². The molecule has 5 heteroatoms. The largest absolute Gasteiger partial charge is 0.376 e. The number of rotatable bonds is 4. The normalized spacial score (nSPS) is 26.0. The van der Waals surface area contributed by atoms with Crippen LogP contribution in [0.5, 0.6) is 0 Å². The number of hydrogen-bond donors (Lipinski definition) is 1. The number of nitrogens with one attached hydrogen (secondary N) is 1. The highest BCUT2D eigenvalue weighted by atomic mass is 16.5. The van der Waals surface area contributed by atoms with Gasteiger partial charge in [-0.3, -0.25) is 9.59 Å². The number of ether oxygens (including phenoxy) is 1. The first-order valence-corrected chi connectivity index (χ1v) is 7.47. The number of benzene rings is 1. The molecule has 2 aliphatic heterocycles. The molecule has 0 saturated carbocycles. The third kappa shape index (κ3) is 3.24. The summed E-state index contributed by atoms with van der Waals surface area (Å²) >= 11 is 0. The molecular weight excluding hydrogens is 268 g/mol. The zero-order valence-electron chi connectivity index (χ0n) is 12.0. The van der Waals surface area contributed by atoms with E-state index in [-0.39, 0.29) is 24.5 Å². The molecule has 5 nitrogen and oxygen atoms in total. The second kappa shape index (κ2) is 6.26. The second-order valence-electron chi connectivity index (χ2n) is 5.60. The number of carbonyl (C=O) groups is 2. The minimum atomic E-state index is -0.433. The predicted molar refractivity (Wildman–Crippen MR) is 77.6 cm³/mol. The Balaban J connectivity index is 1.75. The summed E-state index contributed by atoms with van der Waals surface area (Å²) in [6.45, 7) is 1.36. The highest BCUT2D eigenvalue weighted by molar-refractivity contribution is 5.95. The van der Waals surface area contributed by atoms with Crippen LogP contribution in [0.1, 0.15) is 18.4 Å².